The minimum absolute atomic E-state index is 0.0561. The maximum Gasteiger partial charge on any atom is 0.353 e. The van der Waals surface area contributed by atoms with Crippen molar-refractivity contribution < 1.29 is 14.6 Å². The van der Waals surface area contributed by atoms with Crippen LogP contribution in [0, 0.1) is 0 Å². The van der Waals surface area contributed by atoms with Crippen LogP contribution in [0.4, 0.5) is 0 Å². The average molecular weight is 257 g/mol. The third-order valence-corrected chi connectivity index (χ3v) is 2.92. The number of fused-ring (bicyclic) bond motifs is 1. The summed E-state index contributed by atoms with van der Waals surface area (Å²) >= 11 is 0. The van der Waals surface area contributed by atoms with Crippen LogP contribution in [0.1, 0.15) is 10.5 Å². The van der Waals surface area contributed by atoms with E-state index in [1.54, 1.807) is 7.11 Å². The van der Waals surface area contributed by atoms with Gasteiger partial charge in [-0.3, -0.25) is 5.10 Å². The van der Waals surface area contributed by atoms with Crippen molar-refractivity contribution >= 4 is 16.9 Å². The molecule has 6 nitrogen and oxygen atoms in total. The number of hydrogen-bond acceptors (Lipinski definition) is 3. The molecule has 0 radical (unpaired) electrons. The van der Waals surface area contributed by atoms with Crippen molar-refractivity contribution in [2.24, 2.45) is 0 Å². The molecule has 0 atom stereocenters. The number of ether oxygens (including phenoxy) is 1. The summed E-state index contributed by atoms with van der Waals surface area (Å²) in [6.07, 6.45) is 0. The Hall–Kier alpha value is -2.76. The first-order chi connectivity index (χ1) is 9.19. The first kappa shape index (κ1) is 11.3. The Morgan fingerprint density at radius 1 is 1.37 bits per heavy atom. The molecule has 2 heterocycles. The number of para-hydroxylation sites is 1. The molecule has 0 saturated heterocycles. The molecule has 0 aliphatic carbocycles. The van der Waals surface area contributed by atoms with Gasteiger partial charge in [0, 0.05) is 11.5 Å². The number of carbonyl (C=O) groups is 1. The summed E-state index contributed by atoms with van der Waals surface area (Å²) in [6.45, 7) is 0. The molecule has 96 valence electrons. The number of rotatable bonds is 3. The fourth-order valence-electron chi connectivity index (χ4n) is 2.01. The number of aromatic nitrogens is 3. The summed E-state index contributed by atoms with van der Waals surface area (Å²) in [5.41, 5.74) is 2.21. The van der Waals surface area contributed by atoms with E-state index in [-0.39, 0.29) is 5.69 Å². The largest absolute Gasteiger partial charge is 0.495 e. The Morgan fingerprint density at radius 2 is 2.21 bits per heavy atom. The first-order valence-electron chi connectivity index (χ1n) is 5.64. The number of nitrogens with zero attached hydrogens (tertiary/aromatic N) is 1. The highest BCUT2D eigenvalue weighted by Crippen LogP contribution is 2.29. The predicted molar refractivity (Wildman–Crippen MR) is 69.4 cm³/mol. The van der Waals surface area contributed by atoms with Crippen LogP contribution in [0.5, 0.6) is 5.75 Å². The van der Waals surface area contributed by atoms with Crippen molar-refractivity contribution in [3.8, 4) is 17.1 Å². The second-order valence-corrected chi connectivity index (χ2v) is 4.08. The summed E-state index contributed by atoms with van der Waals surface area (Å²) in [6, 6.07) is 9.09. The van der Waals surface area contributed by atoms with Crippen LogP contribution in [-0.2, 0) is 0 Å². The van der Waals surface area contributed by atoms with E-state index in [1.807, 2.05) is 24.3 Å². The van der Waals surface area contributed by atoms with Gasteiger partial charge in [-0.2, -0.15) is 5.10 Å². The fraction of sp³-hybridized carbons (Fsp3) is 0.0769. The zero-order valence-corrected chi connectivity index (χ0v) is 10.1. The monoisotopic (exact) mass is 257 g/mol. The van der Waals surface area contributed by atoms with Crippen LogP contribution in [0.3, 0.4) is 0 Å². The third-order valence-electron chi connectivity index (χ3n) is 2.92. The fourth-order valence-corrected chi connectivity index (χ4v) is 2.01. The molecule has 0 spiro atoms. The van der Waals surface area contributed by atoms with Crippen LogP contribution >= 0.6 is 0 Å². The zero-order valence-electron chi connectivity index (χ0n) is 10.1. The lowest BCUT2D eigenvalue weighted by molar-refractivity contribution is 0.0690. The van der Waals surface area contributed by atoms with Crippen LogP contribution in [0.25, 0.3) is 22.3 Å². The molecule has 0 unspecified atom stereocenters. The van der Waals surface area contributed by atoms with Gasteiger partial charge in [0.25, 0.3) is 0 Å². The highest BCUT2D eigenvalue weighted by atomic mass is 16.5. The van der Waals surface area contributed by atoms with E-state index in [2.05, 4.69) is 15.2 Å². The van der Waals surface area contributed by atoms with Gasteiger partial charge in [0.1, 0.15) is 17.1 Å². The number of aromatic amines is 2. The Bertz CT molecular complexity index is 757. The summed E-state index contributed by atoms with van der Waals surface area (Å²) in [7, 11) is 1.60. The lowest BCUT2D eigenvalue weighted by atomic mass is 10.2. The van der Waals surface area contributed by atoms with E-state index in [9.17, 15) is 4.79 Å². The standard InChI is InChI=1S/C13H11N3O3/c1-19-11-4-2-3-7-5-8(14-12(7)11)9-6-10(13(17)18)16-15-9/h2-6,14H,1H3,(H,15,16)(H,17,18). The average Bonchev–Trinajstić information content (AvgIpc) is 3.04. The Balaban J connectivity index is 2.12. The number of carboxylic acids is 1. The second-order valence-electron chi connectivity index (χ2n) is 4.08. The van der Waals surface area contributed by atoms with Gasteiger partial charge in [0.15, 0.2) is 0 Å². The van der Waals surface area contributed by atoms with Crippen LogP contribution in [0.2, 0.25) is 0 Å². The summed E-state index contributed by atoms with van der Waals surface area (Å²) < 4.78 is 5.27. The van der Waals surface area contributed by atoms with Crippen molar-refractivity contribution in [1.29, 1.82) is 0 Å². The van der Waals surface area contributed by atoms with E-state index in [0.29, 0.717) is 5.69 Å². The number of carboxylic acid groups (broad SMARTS) is 1. The Labute approximate surface area is 108 Å². The van der Waals surface area contributed by atoms with Gasteiger partial charge >= 0.3 is 5.97 Å². The zero-order chi connectivity index (χ0) is 13.4. The van der Waals surface area contributed by atoms with Gasteiger partial charge in [0.05, 0.1) is 18.3 Å². The third kappa shape index (κ3) is 1.83. The van der Waals surface area contributed by atoms with Gasteiger partial charge in [0.2, 0.25) is 0 Å². The highest BCUT2D eigenvalue weighted by molar-refractivity contribution is 5.91. The van der Waals surface area contributed by atoms with Gasteiger partial charge in [-0.15, -0.1) is 0 Å². The van der Waals surface area contributed by atoms with Crippen LogP contribution in [0.15, 0.2) is 30.3 Å². The van der Waals surface area contributed by atoms with Crippen molar-refractivity contribution in [3.05, 3.63) is 36.0 Å². The predicted octanol–water partition coefficient (Wildman–Crippen LogP) is 2.26. The number of nitrogens with one attached hydrogen (secondary N) is 2. The lowest BCUT2D eigenvalue weighted by Crippen LogP contribution is -1.95. The topological polar surface area (TPSA) is 91.0 Å². The molecule has 3 rings (SSSR count). The summed E-state index contributed by atoms with van der Waals surface area (Å²) in [4.78, 5) is 14.0. The van der Waals surface area contributed by atoms with E-state index in [4.69, 9.17) is 9.84 Å². The number of hydrogen-bond donors (Lipinski definition) is 3. The molecule has 0 aliphatic heterocycles. The van der Waals surface area contributed by atoms with Crippen LogP contribution in [-0.4, -0.2) is 33.4 Å². The smallest absolute Gasteiger partial charge is 0.353 e. The SMILES string of the molecule is COc1cccc2cc(-c3cc(C(=O)O)[nH]n3)[nH]c12. The van der Waals surface area contributed by atoms with E-state index in [1.165, 1.54) is 6.07 Å². The van der Waals surface area contributed by atoms with Crippen molar-refractivity contribution in [2.45, 2.75) is 0 Å². The minimum atomic E-state index is -1.03. The molecule has 0 fully saturated rings. The van der Waals surface area contributed by atoms with Crippen molar-refractivity contribution in [3.63, 3.8) is 0 Å². The molecule has 2 aromatic heterocycles. The molecule has 0 saturated carbocycles. The first-order valence-corrected chi connectivity index (χ1v) is 5.64. The molecule has 0 aliphatic rings. The van der Waals surface area contributed by atoms with Crippen LogP contribution < -0.4 is 4.74 Å². The number of methoxy groups -OCH3 is 1. The van der Waals surface area contributed by atoms with Gasteiger partial charge in [-0.25, -0.2) is 4.79 Å². The molecule has 3 N–H and O–H groups in total. The van der Waals surface area contributed by atoms with Gasteiger partial charge in [-0.05, 0) is 12.1 Å². The molecule has 0 amide bonds. The highest BCUT2D eigenvalue weighted by Gasteiger charge is 2.12. The summed E-state index contributed by atoms with van der Waals surface area (Å²) in [5, 5.41) is 16.3. The molecular formula is C13H11N3O3. The molecule has 6 heteroatoms. The minimum Gasteiger partial charge on any atom is -0.495 e. The van der Waals surface area contributed by atoms with Crippen molar-refractivity contribution in [2.75, 3.05) is 7.11 Å². The van der Waals surface area contributed by atoms with Crippen molar-refractivity contribution in [1.82, 2.24) is 15.2 Å². The molecule has 3 aromatic rings. The Morgan fingerprint density at radius 3 is 2.89 bits per heavy atom. The maximum absolute atomic E-state index is 10.8. The van der Waals surface area contributed by atoms with Gasteiger partial charge in [-0.1, -0.05) is 12.1 Å². The normalized spacial score (nSPS) is 10.8. The molecule has 1 aromatic carbocycles. The number of aromatic carboxylic acids is 1. The molecular weight excluding hydrogens is 246 g/mol. The van der Waals surface area contributed by atoms with Gasteiger partial charge < -0.3 is 14.8 Å². The quantitative estimate of drug-likeness (QED) is 0.671. The van der Waals surface area contributed by atoms with E-state index < -0.39 is 5.97 Å². The summed E-state index contributed by atoms with van der Waals surface area (Å²) in [5.74, 6) is -0.301. The second kappa shape index (κ2) is 4.16. The van der Waals surface area contributed by atoms with E-state index in [0.717, 1.165) is 22.3 Å². The molecule has 0 bridgehead atoms. The van der Waals surface area contributed by atoms with E-state index >= 15 is 0 Å². The number of H-pyrrole nitrogens is 2. The lowest BCUT2D eigenvalue weighted by Gasteiger charge is -1.99. The maximum atomic E-state index is 10.8. The Kier molecular flexibility index (Phi) is 2.49. The molecule has 19 heavy (non-hydrogen) atoms. The number of benzene rings is 1.